The first-order valence-corrected chi connectivity index (χ1v) is 7.10. The van der Waals surface area contributed by atoms with Crippen LogP contribution in [0.15, 0.2) is 31.9 Å². The average molecular weight is 372 g/mol. The van der Waals surface area contributed by atoms with E-state index < -0.39 is 11.7 Å². The molecule has 2 aliphatic rings. The van der Waals surface area contributed by atoms with E-state index in [4.69, 9.17) is 4.42 Å². The third-order valence-corrected chi connectivity index (χ3v) is 4.32. The number of nitrogens with zero attached hydrogens (tertiary/aromatic N) is 1. The van der Waals surface area contributed by atoms with Crippen LogP contribution in [0, 0.1) is 13.8 Å². The van der Waals surface area contributed by atoms with Gasteiger partial charge in [0.05, 0.1) is 5.56 Å². The average Bonchev–Trinajstić information content (AvgIpc) is 2.48. The minimum absolute atomic E-state index is 0.0225. The second kappa shape index (κ2) is 4.81. The van der Waals surface area contributed by atoms with E-state index in [-0.39, 0.29) is 21.2 Å². The summed E-state index contributed by atoms with van der Waals surface area (Å²) >= 11 is 3.14. The van der Waals surface area contributed by atoms with Gasteiger partial charge in [0.1, 0.15) is 15.7 Å². The van der Waals surface area contributed by atoms with Gasteiger partial charge in [-0.25, -0.2) is 4.98 Å². The minimum atomic E-state index is -4.47. The normalized spacial score (nSPS) is 12.3. The van der Waals surface area contributed by atoms with E-state index in [0.29, 0.717) is 22.3 Å². The molecule has 0 radical (unpaired) electrons. The van der Waals surface area contributed by atoms with E-state index in [0.717, 1.165) is 12.1 Å². The molecule has 22 heavy (non-hydrogen) atoms. The Balaban J connectivity index is 2.43. The lowest BCUT2D eigenvalue weighted by Crippen LogP contribution is -2.12. The van der Waals surface area contributed by atoms with Gasteiger partial charge in [0.2, 0.25) is 0 Å². The van der Waals surface area contributed by atoms with Crippen LogP contribution < -0.4 is 5.43 Å². The van der Waals surface area contributed by atoms with Gasteiger partial charge in [-0.05, 0) is 53.5 Å². The lowest BCUT2D eigenvalue weighted by atomic mass is 10.0. The molecule has 0 saturated carbocycles. The number of hydrogen-bond acceptors (Lipinski definition) is 3. The number of hydrogen-bond donors (Lipinski definition) is 0. The smallest absolute Gasteiger partial charge is 0.416 e. The lowest BCUT2D eigenvalue weighted by molar-refractivity contribution is -0.137. The van der Waals surface area contributed by atoms with Crippen molar-refractivity contribution in [2.45, 2.75) is 20.0 Å². The molecule has 0 aromatic heterocycles. The number of alkyl halides is 3. The highest BCUT2D eigenvalue weighted by Gasteiger charge is 2.31. The summed E-state index contributed by atoms with van der Waals surface area (Å²) in [5.41, 5.74) is 0.812. The molecule has 0 atom stereocenters. The van der Waals surface area contributed by atoms with Gasteiger partial charge < -0.3 is 4.42 Å². The maximum Gasteiger partial charge on any atom is 0.416 e. The summed E-state index contributed by atoms with van der Waals surface area (Å²) in [6.45, 7) is 3.39. The number of aromatic nitrogens is 1. The van der Waals surface area contributed by atoms with Crippen LogP contribution in [0.25, 0.3) is 22.6 Å². The molecule has 114 valence electrons. The highest BCUT2D eigenvalue weighted by atomic mass is 79.9. The Bertz CT molecular complexity index is 931. The topological polar surface area (TPSA) is 43.1 Å². The van der Waals surface area contributed by atoms with Crippen molar-refractivity contribution in [3.05, 3.63) is 49.6 Å². The fourth-order valence-electron chi connectivity index (χ4n) is 2.21. The summed E-state index contributed by atoms with van der Waals surface area (Å²) in [4.78, 5) is 16.4. The summed E-state index contributed by atoms with van der Waals surface area (Å²) in [5.74, 6) is 0.153. The standard InChI is InChI=1S/C15H9BrF3NO2/c1-6-7(2)13(21)11(16)14-12(6)20-9-4-3-8(15(17,18)19)5-10(9)22-14/h3-5H,1-2H3. The number of benzene rings is 2. The molecule has 3 nitrogen and oxygen atoms in total. The zero-order valence-electron chi connectivity index (χ0n) is 11.5. The van der Waals surface area contributed by atoms with Crippen molar-refractivity contribution in [2.75, 3.05) is 0 Å². The van der Waals surface area contributed by atoms with E-state index in [2.05, 4.69) is 20.9 Å². The first kappa shape index (κ1) is 15.0. The molecule has 0 amide bonds. The third-order valence-electron chi connectivity index (χ3n) is 3.60. The largest absolute Gasteiger partial charge is 0.451 e. The maximum absolute atomic E-state index is 12.8. The van der Waals surface area contributed by atoms with Crippen LogP contribution in [0.5, 0.6) is 0 Å². The van der Waals surface area contributed by atoms with Crippen LogP contribution in [-0.2, 0) is 6.18 Å². The van der Waals surface area contributed by atoms with E-state index in [9.17, 15) is 18.0 Å². The van der Waals surface area contributed by atoms with Crippen LogP contribution in [-0.4, -0.2) is 4.98 Å². The molecule has 1 aliphatic heterocycles. The van der Waals surface area contributed by atoms with Crippen LogP contribution in [0.3, 0.4) is 0 Å². The number of fused-ring (bicyclic) bond motifs is 2. The van der Waals surface area contributed by atoms with Crippen molar-refractivity contribution in [2.24, 2.45) is 0 Å². The van der Waals surface area contributed by atoms with Crippen molar-refractivity contribution in [1.82, 2.24) is 4.98 Å². The van der Waals surface area contributed by atoms with Crippen LogP contribution in [0.4, 0.5) is 13.2 Å². The first-order valence-electron chi connectivity index (χ1n) is 6.30. The zero-order valence-corrected chi connectivity index (χ0v) is 13.1. The molecule has 0 bridgehead atoms. The molecule has 0 unspecified atom stereocenters. The molecule has 0 N–H and O–H groups in total. The summed E-state index contributed by atoms with van der Waals surface area (Å²) in [6, 6.07) is 3.10. The quantitative estimate of drug-likeness (QED) is 0.538. The van der Waals surface area contributed by atoms with E-state index in [1.54, 1.807) is 13.8 Å². The van der Waals surface area contributed by atoms with Crippen molar-refractivity contribution < 1.29 is 17.6 Å². The van der Waals surface area contributed by atoms with Gasteiger partial charge in [0, 0.05) is 5.56 Å². The summed E-state index contributed by atoms with van der Waals surface area (Å²) in [6.07, 6.45) is -4.47. The SMILES string of the molecule is Cc1c2nc3ccc(C(F)(F)F)cc3oc-2c(Br)c(=O)c1C. The highest BCUT2D eigenvalue weighted by molar-refractivity contribution is 9.10. The fourth-order valence-corrected chi connectivity index (χ4v) is 2.78. The Morgan fingerprint density at radius 1 is 1.18 bits per heavy atom. The van der Waals surface area contributed by atoms with Gasteiger partial charge in [-0.3, -0.25) is 4.79 Å². The molecule has 1 heterocycles. The molecule has 3 rings (SSSR count). The zero-order chi connectivity index (χ0) is 16.2. The Labute approximate surface area is 131 Å². The molecule has 1 aromatic carbocycles. The lowest BCUT2D eigenvalue weighted by Gasteiger charge is -2.13. The van der Waals surface area contributed by atoms with E-state index in [1.165, 1.54) is 6.07 Å². The monoisotopic (exact) mass is 371 g/mol. The summed E-state index contributed by atoms with van der Waals surface area (Å²) < 4.78 is 44.0. The van der Waals surface area contributed by atoms with Gasteiger partial charge in [0.15, 0.2) is 16.8 Å². The summed E-state index contributed by atoms with van der Waals surface area (Å²) in [7, 11) is 0. The number of halogens is 4. The first-order chi connectivity index (χ1) is 10.2. The van der Waals surface area contributed by atoms with Crippen LogP contribution in [0.2, 0.25) is 0 Å². The van der Waals surface area contributed by atoms with Crippen LogP contribution in [0.1, 0.15) is 16.7 Å². The van der Waals surface area contributed by atoms with Crippen molar-refractivity contribution in [3.8, 4) is 11.5 Å². The van der Waals surface area contributed by atoms with E-state index >= 15 is 0 Å². The number of rotatable bonds is 0. The molecular formula is C15H9BrF3NO2. The Morgan fingerprint density at radius 3 is 2.50 bits per heavy atom. The molecule has 1 aliphatic carbocycles. The highest BCUT2D eigenvalue weighted by Crippen LogP contribution is 2.36. The predicted octanol–water partition coefficient (Wildman–Crippen LogP) is 4.69. The predicted molar refractivity (Wildman–Crippen MR) is 79.1 cm³/mol. The second-order valence-electron chi connectivity index (χ2n) is 4.96. The molecule has 0 fully saturated rings. The molecule has 0 spiro atoms. The fraction of sp³-hybridized carbons (Fsp3) is 0.200. The van der Waals surface area contributed by atoms with Gasteiger partial charge in [-0.2, -0.15) is 13.2 Å². The van der Waals surface area contributed by atoms with Crippen molar-refractivity contribution in [3.63, 3.8) is 0 Å². The Morgan fingerprint density at radius 2 is 1.86 bits per heavy atom. The third kappa shape index (κ3) is 2.20. The Kier molecular flexibility index (Phi) is 3.28. The van der Waals surface area contributed by atoms with Gasteiger partial charge in [-0.1, -0.05) is 0 Å². The second-order valence-corrected chi connectivity index (χ2v) is 5.76. The minimum Gasteiger partial charge on any atom is -0.451 e. The molecule has 0 saturated heterocycles. The molecular weight excluding hydrogens is 363 g/mol. The maximum atomic E-state index is 12.8. The van der Waals surface area contributed by atoms with Gasteiger partial charge >= 0.3 is 6.18 Å². The molecule has 7 heteroatoms. The van der Waals surface area contributed by atoms with Gasteiger partial charge in [-0.15, -0.1) is 0 Å². The van der Waals surface area contributed by atoms with Crippen molar-refractivity contribution >= 4 is 27.0 Å². The molecule has 1 aromatic rings. The Hall–Kier alpha value is -1.89. The van der Waals surface area contributed by atoms with Gasteiger partial charge in [0.25, 0.3) is 0 Å². The summed E-state index contributed by atoms with van der Waals surface area (Å²) in [5, 5.41) is 0. The van der Waals surface area contributed by atoms with E-state index in [1.807, 2.05) is 0 Å². The van der Waals surface area contributed by atoms with Crippen molar-refractivity contribution in [1.29, 1.82) is 0 Å². The van der Waals surface area contributed by atoms with Crippen LogP contribution >= 0.6 is 15.9 Å².